The van der Waals surface area contributed by atoms with Crippen LogP contribution in [0, 0.1) is 51.8 Å². The summed E-state index contributed by atoms with van der Waals surface area (Å²) in [7, 11) is 0. The molecule has 0 bridgehead atoms. The van der Waals surface area contributed by atoms with E-state index in [1.54, 1.807) is 52.8 Å². The van der Waals surface area contributed by atoms with E-state index in [9.17, 15) is 76.7 Å². The standard InChI is InChI=1S/3C23H43NO6.C17H22O6.C16H19ClO6.C11H14O2/c3*1-6-9-13-19(7-2)18-30-20(25)14-11-10-12-16-29-22(27)24-15-17-28-21(26)23(4,5)8-3;1-5-17(3,4)16(21)23-9-8-22-15(20)13-10-11(2)6-7-12(13)14(18)19;1-4-16(2,3)15(21)23-8-7-22-14(20)12-9-10(17)5-6-11(12)13(18)19;1-3-8(2)9-4-6-10(7-5-9)11(12)13/h3*19H,6-18H2,1-5H3,(H,24,27);6-7,10H,5,8-9H2,1-4H3,(H,18,19);5-6,9H,4,7-8H2,1-3H3,(H,18,19);4-8H,3H2,1-2H3,(H,12,13). The van der Waals surface area contributed by atoms with Gasteiger partial charge in [0.2, 0.25) is 0 Å². The Morgan fingerprint density at radius 1 is 0.302 bits per heavy atom. The van der Waals surface area contributed by atoms with Crippen LogP contribution in [0.25, 0.3) is 0 Å². The molecule has 0 fully saturated rings. The number of hydrogen-bond donors (Lipinski definition) is 6. The van der Waals surface area contributed by atoms with Gasteiger partial charge in [0.15, 0.2) is 0 Å². The first-order valence-corrected chi connectivity index (χ1v) is 53.8. The van der Waals surface area contributed by atoms with Crippen molar-refractivity contribution in [2.45, 2.75) is 365 Å². The molecule has 0 heterocycles. The number of halogens is 1. The molecule has 0 radical (unpaired) electrons. The van der Waals surface area contributed by atoms with Gasteiger partial charge in [-0.1, -0.05) is 183 Å². The number of benzene rings is 3. The Morgan fingerprint density at radius 2 is 0.584 bits per heavy atom. The fraction of sp³-hybridized carbons (Fsp3) is 0.699. The van der Waals surface area contributed by atoms with Crippen LogP contribution >= 0.6 is 11.6 Å². The van der Waals surface area contributed by atoms with E-state index in [0.717, 1.165) is 108 Å². The Morgan fingerprint density at radius 3 is 0.852 bits per heavy atom. The number of aryl methyl sites for hydroxylation is 1. The van der Waals surface area contributed by atoms with Crippen molar-refractivity contribution in [3.63, 3.8) is 0 Å². The number of carbonyl (C=O) groups is 16. The van der Waals surface area contributed by atoms with E-state index in [0.29, 0.717) is 140 Å². The third kappa shape index (κ3) is 68.3. The Labute approximate surface area is 892 Å². The summed E-state index contributed by atoms with van der Waals surface area (Å²) >= 11 is 5.76. The third-order valence-corrected chi connectivity index (χ3v) is 25.6. The second-order valence-corrected chi connectivity index (χ2v) is 40.1. The molecule has 4 unspecified atom stereocenters. The van der Waals surface area contributed by atoms with Crippen LogP contribution in [0.1, 0.15) is 421 Å². The molecule has 0 aliphatic rings. The normalized spacial score (nSPS) is 11.8. The van der Waals surface area contributed by atoms with Gasteiger partial charge in [0.1, 0.15) is 46.2 Å². The maximum absolute atomic E-state index is 12.0. The predicted molar refractivity (Wildman–Crippen MR) is 571 cm³/mol. The second-order valence-electron chi connectivity index (χ2n) is 39.6. The SMILES string of the molecule is CCC(C)(C)C(=O)OCCOC(=O)c1cc(C)ccc1C(=O)O.CCC(C)(C)C(=O)OCCOC(=O)c1cc(Cl)ccc1C(=O)O.CCC(C)c1ccc(C(=O)O)cc1.CCCCC(CC)COC(=O)CCCCCOC(=O)NCCOC(=O)C(C)(C)CC.CCCCC(CC)COC(=O)CCCCCOC(=O)NCCOC(=O)C(C)(C)CC.CCCCC(CC)COC(=O)CCCCCOC(=O)NCCOC(=O)C(C)(C)CC. The number of rotatable bonds is 68. The van der Waals surface area contributed by atoms with Crippen molar-refractivity contribution < 1.29 is 154 Å². The van der Waals surface area contributed by atoms with Crippen LogP contribution in [0.4, 0.5) is 14.4 Å². The molecule has 850 valence electrons. The average Bonchev–Trinajstić information content (AvgIpc) is 0.834. The highest BCUT2D eigenvalue weighted by Gasteiger charge is 2.32. The second kappa shape index (κ2) is 82.6. The first kappa shape index (κ1) is 142. The summed E-state index contributed by atoms with van der Waals surface area (Å²) < 4.78 is 66.7. The quantitative estimate of drug-likeness (QED) is 0.0174. The first-order chi connectivity index (χ1) is 70.3. The van der Waals surface area contributed by atoms with Gasteiger partial charge >= 0.3 is 95.9 Å². The number of carboxylic acid groups (broad SMARTS) is 3. The van der Waals surface area contributed by atoms with Crippen molar-refractivity contribution in [1.29, 1.82) is 0 Å². The summed E-state index contributed by atoms with van der Waals surface area (Å²) in [6.45, 7) is 49.4. The number of carboxylic acids is 3. The number of unbranched alkanes of at least 4 members (excludes halogenated alkanes) is 9. The summed E-state index contributed by atoms with van der Waals surface area (Å²) in [4.78, 5) is 186. The van der Waals surface area contributed by atoms with E-state index in [-0.39, 0.29) is 141 Å². The maximum Gasteiger partial charge on any atom is 0.407 e. The molecule has 0 aromatic heterocycles. The van der Waals surface area contributed by atoms with Crippen LogP contribution < -0.4 is 16.0 Å². The highest BCUT2D eigenvalue weighted by atomic mass is 35.5. The fourth-order valence-electron chi connectivity index (χ4n) is 12.2. The summed E-state index contributed by atoms with van der Waals surface area (Å²) in [6.07, 6.45) is 24.1. The van der Waals surface area contributed by atoms with Crippen LogP contribution in [-0.2, 0) is 99.9 Å². The molecule has 36 heteroatoms. The van der Waals surface area contributed by atoms with Gasteiger partial charge in [-0.2, -0.15) is 0 Å². The fourth-order valence-corrected chi connectivity index (χ4v) is 12.4. The van der Waals surface area contributed by atoms with E-state index in [4.69, 9.17) is 88.5 Å². The van der Waals surface area contributed by atoms with Gasteiger partial charge in [0, 0.05) is 24.3 Å². The van der Waals surface area contributed by atoms with Crippen molar-refractivity contribution in [2.24, 2.45) is 44.8 Å². The molecule has 149 heavy (non-hydrogen) atoms. The minimum absolute atomic E-state index is 0.0160. The summed E-state index contributed by atoms with van der Waals surface area (Å²) in [6, 6.07) is 15.3. The van der Waals surface area contributed by atoms with Gasteiger partial charge < -0.3 is 92.8 Å². The molecule has 3 rings (SSSR count). The lowest BCUT2D eigenvalue weighted by molar-refractivity contribution is -0.155. The number of nitrogens with one attached hydrogen (secondary N) is 3. The molecule has 0 aliphatic carbocycles. The largest absolute Gasteiger partial charge is 0.478 e. The first-order valence-electron chi connectivity index (χ1n) is 53.4. The zero-order valence-electron chi connectivity index (χ0n) is 94.2. The van der Waals surface area contributed by atoms with Gasteiger partial charge in [-0.3, -0.25) is 38.4 Å². The molecule has 4 atom stereocenters. The molecule has 3 aromatic carbocycles. The molecular formula is C113H184ClN3O32. The lowest BCUT2D eigenvalue weighted by atomic mass is 9.91. The number of carbonyl (C=O) groups excluding carboxylic acids is 13. The molecule has 0 spiro atoms. The maximum atomic E-state index is 12.0. The van der Waals surface area contributed by atoms with Crippen molar-refractivity contribution >= 4 is 107 Å². The number of ether oxygens (including phenoxy) is 13. The molecule has 6 N–H and O–H groups in total. The molecule has 0 aliphatic heterocycles. The third-order valence-electron chi connectivity index (χ3n) is 25.3. The van der Waals surface area contributed by atoms with Gasteiger partial charge in [-0.05, 0) is 263 Å². The Balaban J connectivity index is -0.00000174. The summed E-state index contributed by atoms with van der Waals surface area (Å²) in [5.74, 6) is -5.04. The van der Waals surface area contributed by atoms with E-state index < -0.39 is 75.2 Å². The molecule has 0 saturated carbocycles. The lowest BCUT2D eigenvalue weighted by Crippen LogP contribution is -2.32. The van der Waals surface area contributed by atoms with Crippen LogP contribution in [0.2, 0.25) is 5.02 Å². The van der Waals surface area contributed by atoms with Gasteiger partial charge in [0.25, 0.3) is 0 Å². The number of hydrogen-bond acceptors (Lipinski definition) is 29. The number of alkyl carbamates (subject to hydrolysis) is 3. The van der Waals surface area contributed by atoms with Gasteiger partial charge in [-0.15, -0.1) is 0 Å². The van der Waals surface area contributed by atoms with E-state index in [1.165, 1.54) is 55.2 Å². The Bertz CT molecular complexity index is 4060. The molecule has 35 nitrogen and oxygen atoms in total. The van der Waals surface area contributed by atoms with Crippen LogP contribution in [0.15, 0.2) is 60.7 Å². The van der Waals surface area contributed by atoms with Crippen LogP contribution in [0.5, 0.6) is 0 Å². The van der Waals surface area contributed by atoms with Crippen molar-refractivity contribution in [1.82, 2.24) is 16.0 Å². The summed E-state index contributed by atoms with van der Waals surface area (Å²) in [5.41, 5.74) is -0.919. The number of esters is 10. The van der Waals surface area contributed by atoms with Gasteiger partial charge in [0.05, 0.1) is 114 Å². The minimum Gasteiger partial charge on any atom is -0.478 e. The zero-order valence-corrected chi connectivity index (χ0v) is 94.9. The Kier molecular flexibility index (Phi) is 78.7. The molecular weight excluding hydrogens is 1950 g/mol. The van der Waals surface area contributed by atoms with Gasteiger partial charge in [-0.25, -0.2) is 38.4 Å². The Hall–Kier alpha value is -11.1. The topological polar surface area (TPSA) is 490 Å². The average molecular weight is 2130 g/mol. The highest BCUT2D eigenvalue weighted by Crippen LogP contribution is 2.28. The number of aromatic carboxylic acids is 3. The number of amides is 3. The predicted octanol–water partition coefficient (Wildman–Crippen LogP) is 23.9. The smallest absolute Gasteiger partial charge is 0.407 e. The highest BCUT2D eigenvalue weighted by molar-refractivity contribution is 6.31. The summed E-state index contributed by atoms with van der Waals surface area (Å²) in [5, 5.41) is 34.7. The zero-order chi connectivity index (χ0) is 114. The van der Waals surface area contributed by atoms with Crippen LogP contribution in [0.3, 0.4) is 0 Å². The monoisotopic (exact) mass is 2130 g/mol. The van der Waals surface area contributed by atoms with Crippen molar-refractivity contribution in [3.8, 4) is 0 Å². The molecule has 0 saturated heterocycles. The van der Waals surface area contributed by atoms with E-state index >= 15 is 0 Å². The lowest BCUT2D eigenvalue weighted by Gasteiger charge is -2.20. The van der Waals surface area contributed by atoms with E-state index in [1.807, 2.05) is 88.3 Å². The van der Waals surface area contributed by atoms with Crippen molar-refractivity contribution in [2.75, 3.05) is 106 Å². The molecule has 3 amide bonds. The minimum atomic E-state index is -1.26. The van der Waals surface area contributed by atoms with Crippen molar-refractivity contribution in [3.05, 3.63) is 105 Å². The van der Waals surface area contributed by atoms with E-state index in [2.05, 4.69) is 71.3 Å². The molecule has 3 aromatic rings. The van der Waals surface area contributed by atoms with Crippen LogP contribution in [-0.4, -0.2) is 217 Å².